The molecule has 0 radical (unpaired) electrons. The first kappa shape index (κ1) is 14.5. The van der Waals surface area contributed by atoms with Crippen molar-refractivity contribution in [1.82, 2.24) is 0 Å². The Hall–Kier alpha value is -0.940. The Bertz CT molecular complexity index is 341. The number of esters is 1. The summed E-state index contributed by atoms with van der Waals surface area (Å²) in [4.78, 5) is 24.2. The molecule has 5 heteroatoms. The molecule has 2 bridgehead atoms. The molecule has 1 saturated heterocycles. The Kier molecular flexibility index (Phi) is 4.93. The minimum absolute atomic E-state index is 0.00171. The van der Waals surface area contributed by atoms with E-state index in [0.29, 0.717) is 6.42 Å². The van der Waals surface area contributed by atoms with Crippen molar-refractivity contribution >= 4 is 11.8 Å². The first-order valence-corrected chi connectivity index (χ1v) is 6.98. The average molecular weight is 270 g/mol. The van der Waals surface area contributed by atoms with E-state index in [9.17, 15) is 9.59 Å². The smallest absolute Gasteiger partial charge is 0.312 e. The van der Waals surface area contributed by atoms with Crippen LogP contribution in [-0.2, 0) is 23.8 Å². The lowest BCUT2D eigenvalue weighted by Gasteiger charge is -2.22. The third-order valence-electron chi connectivity index (χ3n) is 4.15. The van der Waals surface area contributed by atoms with Gasteiger partial charge >= 0.3 is 5.97 Å². The van der Waals surface area contributed by atoms with Gasteiger partial charge in [-0.1, -0.05) is 19.3 Å². The molecule has 4 atom stereocenters. The van der Waals surface area contributed by atoms with Crippen LogP contribution >= 0.6 is 0 Å². The largest absolute Gasteiger partial charge is 0.469 e. The maximum absolute atomic E-state index is 12.2. The predicted molar refractivity (Wildman–Crippen MR) is 67.4 cm³/mol. The molecule has 1 saturated carbocycles. The van der Waals surface area contributed by atoms with E-state index in [1.807, 2.05) is 0 Å². The molecule has 2 rings (SSSR count). The summed E-state index contributed by atoms with van der Waals surface area (Å²) in [6.45, 7) is 0. The van der Waals surface area contributed by atoms with Gasteiger partial charge in [-0.15, -0.1) is 0 Å². The Morgan fingerprint density at radius 2 is 1.95 bits per heavy atom. The zero-order valence-electron chi connectivity index (χ0n) is 11.6. The van der Waals surface area contributed by atoms with Gasteiger partial charge in [0.1, 0.15) is 6.10 Å². The highest BCUT2D eigenvalue weighted by Crippen LogP contribution is 2.39. The number of fused-ring (bicyclic) bond motifs is 2. The summed E-state index contributed by atoms with van der Waals surface area (Å²) < 4.78 is 15.8. The standard InChI is InChI=1S/C14H22O5/c1-17-13(16)11-9-7-5-3-4-6-8-10(15)12(11)19-14(9)18-2/h9,11-12,14H,3-8H2,1-2H3/t9-,11-,12+,14-/m0/s1. The van der Waals surface area contributed by atoms with Crippen LogP contribution in [0.25, 0.3) is 0 Å². The topological polar surface area (TPSA) is 61.8 Å². The molecule has 2 aliphatic rings. The van der Waals surface area contributed by atoms with Gasteiger partial charge < -0.3 is 14.2 Å². The highest BCUT2D eigenvalue weighted by molar-refractivity contribution is 5.89. The summed E-state index contributed by atoms with van der Waals surface area (Å²) in [5.74, 6) is -0.949. The summed E-state index contributed by atoms with van der Waals surface area (Å²) in [7, 11) is 2.91. The highest BCUT2D eigenvalue weighted by Gasteiger charge is 2.51. The van der Waals surface area contributed by atoms with Gasteiger partial charge in [-0.2, -0.15) is 0 Å². The summed E-state index contributed by atoms with van der Waals surface area (Å²) in [6.07, 6.45) is 4.18. The van der Waals surface area contributed by atoms with Crippen LogP contribution in [0.15, 0.2) is 0 Å². The molecule has 108 valence electrons. The molecule has 0 aromatic rings. The second-order valence-electron chi connectivity index (χ2n) is 5.29. The molecule has 0 spiro atoms. The number of Topliss-reactive ketones (excluding diaryl/α,β-unsaturated/α-hetero) is 1. The molecule has 0 N–H and O–H groups in total. The molecule has 1 heterocycles. The van der Waals surface area contributed by atoms with E-state index in [4.69, 9.17) is 14.2 Å². The molecular formula is C14H22O5. The number of carbonyl (C=O) groups is 2. The lowest BCUT2D eigenvalue weighted by molar-refractivity contribution is -0.156. The van der Waals surface area contributed by atoms with Crippen molar-refractivity contribution < 1.29 is 23.8 Å². The lowest BCUT2D eigenvalue weighted by atomic mass is 9.82. The Morgan fingerprint density at radius 3 is 2.63 bits per heavy atom. The van der Waals surface area contributed by atoms with Crippen molar-refractivity contribution in [3.8, 4) is 0 Å². The molecule has 5 nitrogen and oxygen atoms in total. The maximum atomic E-state index is 12.2. The van der Waals surface area contributed by atoms with Gasteiger partial charge in [0.2, 0.25) is 0 Å². The molecule has 0 amide bonds. The quantitative estimate of drug-likeness (QED) is 0.714. The number of ketones is 1. The van der Waals surface area contributed by atoms with E-state index in [2.05, 4.69) is 0 Å². The van der Waals surface area contributed by atoms with E-state index in [-0.39, 0.29) is 17.7 Å². The van der Waals surface area contributed by atoms with Gasteiger partial charge in [-0.3, -0.25) is 9.59 Å². The molecule has 1 aliphatic carbocycles. The van der Waals surface area contributed by atoms with E-state index in [0.717, 1.165) is 32.1 Å². The third-order valence-corrected chi connectivity index (χ3v) is 4.15. The number of ether oxygens (including phenoxy) is 3. The normalized spacial score (nSPS) is 36.0. The van der Waals surface area contributed by atoms with Gasteiger partial charge in [0.15, 0.2) is 12.1 Å². The van der Waals surface area contributed by atoms with E-state index < -0.39 is 18.3 Å². The van der Waals surface area contributed by atoms with Crippen molar-refractivity contribution in [3.63, 3.8) is 0 Å². The van der Waals surface area contributed by atoms with Crippen molar-refractivity contribution in [2.75, 3.05) is 14.2 Å². The fourth-order valence-corrected chi connectivity index (χ4v) is 3.16. The summed E-state index contributed by atoms with van der Waals surface area (Å²) in [5, 5.41) is 0. The van der Waals surface area contributed by atoms with Gasteiger partial charge in [0, 0.05) is 19.4 Å². The number of hydrogen-bond acceptors (Lipinski definition) is 5. The highest BCUT2D eigenvalue weighted by atomic mass is 16.7. The van der Waals surface area contributed by atoms with E-state index in [1.54, 1.807) is 7.11 Å². The molecule has 2 fully saturated rings. The third kappa shape index (κ3) is 2.98. The monoisotopic (exact) mass is 270 g/mol. The second-order valence-corrected chi connectivity index (χ2v) is 5.29. The van der Waals surface area contributed by atoms with E-state index in [1.165, 1.54) is 7.11 Å². The number of hydrogen-bond donors (Lipinski definition) is 0. The lowest BCUT2D eigenvalue weighted by Crippen LogP contribution is -2.36. The SMILES string of the molecule is COC(=O)[C@H]1[C@@H]2CCCCCCC(=O)[C@H]1O[C@@H]2OC. The molecule has 19 heavy (non-hydrogen) atoms. The van der Waals surface area contributed by atoms with Crippen molar-refractivity contribution in [2.24, 2.45) is 11.8 Å². The fraction of sp³-hybridized carbons (Fsp3) is 0.857. The van der Waals surface area contributed by atoms with Gasteiger partial charge in [0.25, 0.3) is 0 Å². The van der Waals surface area contributed by atoms with Crippen molar-refractivity contribution in [1.29, 1.82) is 0 Å². The van der Waals surface area contributed by atoms with Crippen LogP contribution in [-0.4, -0.2) is 38.4 Å². The maximum Gasteiger partial charge on any atom is 0.312 e. The number of rotatable bonds is 2. The second kappa shape index (κ2) is 6.48. The molecule has 0 aromatic carbocycles. The summed E-state index contributed by atoms with van der Waals surface area (Å²) in [5.41, 5.74) is 0. The van der Waals surface area contributed by atoms with Crippen LogP contribution in [0.1, 0.15) is 38.5 Å². The summed E-state index contributed by atoms with van der Waals surface area (Å²) in [6, 6.07) is 0. The van der Waals surface area contributed by atoms with Crippen molar-refractivity contribution in [3.05, 3.63) is 0 Å². The molecular weight excluding hydrogens is 248 g/mol. The Labute approximate surface area is 113 Å². The number of methoxy groups -OCH3 is 2. The fourth-order valence-electron chi connectivity index (χ4n) is 3.16. The summed E-state index contributed by atoms with van der Waals surface area (Å²) >= 11 is 0. The molecule has 0 aromatic heterocycles. The van der Waals surface area contributed by atoms with E-state index >= 15 is 0 Å². The van der Waals surface area contributed by atoms with Crippen molar-refractivity contribution in [2.45, 2.75) is 50.9 Å². The Balaban J connectivity index is 2.25. The minimum Gasteiger partial charge on any atom is -0.469 e. The van der Waals surface area contributed by atoms with Crippen LogP contribution in [0.5, 0.6) is 0 Å². The molecule has 0 unspecified atom stereocenters. The minimum atomic E-state index is -0.694. The van der Waals surface area contributed by atoms with Crippen LogP contribution < -0.4 is 0 Å². The van der Waals surface area contributed by atoms with Gasteiger partial charge in [-0.25, -0.2) is 0 Å². The zero-order chi connectivity index (χ0) is 13.8. The van der Waals surface area contributed by atoms with Gasteiger partial charge in [-0.05, 0) is 12.8 Å². The zero-order valence-corrected chi connectivity index (χ0v) is 11.6. The molecule has 1 aliphatic heterocycles. The average Bonchev–Trinajstić information content (AvgIpc) is 2.78. The van der Waals surface area contributed by atoms with Crippen LogP contribution in [0.2, 0.25) is 0 Å². The Morgan fingerprint density at radius 1 is 1.21 bits per heavy atom. The first-order valence-electron chi connectivity index (χ1n) is 6.98. The van der Waals surface area contributed by atoms with Crippen LogP contribution in [0, 0.1) is 11.8 Å². The van der Waals surface area contributed by atoms with Crippen LogP contribution in [0.4, 0.5) is 0 Å². The van der Waals surface area contributed by atoms with Gasteiger partial charge in [0.05, 0.1) is 13.0 Å². The van der Waals surface area contributed by atoms with Crippen LogP contribution in [0.3, 0.4) is 0 Å². The predicted octanol–water partition coefficient (Wildman–Crippen LogP) is 1.69. The first-order chi connectivity index (χ1) is 9.19. The number of carbonyl (C=O) groups excluding carboxylic acids is 2.